The SMILES string of the molecule is CCN(CC)CCOc1cc([C@@H](C)N)ccn1. The van der Waals surface area contributed by atoms with Crippen LogP contribution >= 0.6 is 0 Å². The van der Waals surface area contributed by atoms with Crippen LogP contribution in [0.25, 0.3) is 0 Å². The number of nitrogens with zero attached hydrogens (tertiary/aromatic N) is 2. The number of nitrogens with two attached hydrogens (primary N) is 1. The number of likely N-dealkylation sites (N-methyl/N-ethyl adjacent to an activating group) is 1. The fourth-order valence-corrected chi connectivity index (χ4v) is 1.61. The van der Waals surface area contributed by atoms with Gasteiger partial charge in [-0.05, 0) is 31.6 Å². The molecule has 1 aromatic heterocycles. The highest BCUT2D eigenvalue weighted by Gasteiger charge is 2.03. The van der Waals surface area contributed by atoms with Crippen LogP contribution in [-0.4, -0.2) is 36.1 Å². The van der Waals surface area contributed by atoms with Gasteiger partial charge in [0.25, 0.3) is 0 Å². The third-order valence-electron chi connectivity index (χ3n) is 2.84. The molecule has 0 bridgehead atoms. The van der Waals surface area contributed by atoms with Crippen molar-refractivity contribution in [3.05, 3.63) is 23.9 Å². The lowest BCUT2D eigenvalue weighted by atomic mass is 10.1. The Labute approximate surface area is 104 Å². The van der Waals surface area contributed by atoms with Crippen LogP contribution in [0.3, 0.4) is 0 Å². The lowest BCUT2D eigenvalue weighted by Crippen LogP contribution is -2.28. The molecule has 17 heavy (non-hydrogen) atoms. The number of hydrogen-bond acceptors (Lipinski definition) is 4. The maximum absolute atomic E-state index is 5.81. The van der Waals surface area contributed by atoms with Gasteiger partial charge in [0.1, 0.15) is 6.61 Å². The van der Waals surface area contributed by atoms with Gasteiger partial charge in [-0.15, -0.1) is 0 Å². The summed E-state index contributed by atoms with van der Waals surface area (Å²) in [5.74, 6) is 0.659. The average Bonchev–Trinajstić information content (AvgIpc) is 2.35. The summed E-state index contributed by atoms with van der Waals surface area (Å²) in [7, 11) is 0. The molecule has 2 N–H and O–H groups in total. The van der Waals surface area contributed by atoms with Crippen LogP contribution in [0.5, 0.6) is 5.88 Å². The minimum absolute atomic E-state index is 0.0168. The van der Waals surface area contributed by atoms with E-state index >= 15 is 0 Å². The van der Waals surface area contributed by atoms with Gasteiger partial charge in [0.2, 0.25) is 5.88 Å². The van der Waals surface area contributed by atoms with Crippen LogP contribution in [0.2, 0.25) is 0 Å². The Morgan fingerprint density at radius 1 is 1.41 bits per heavy atom. The summed E-state index contributed by atoms with van der Waals surface area (Å²) in [6.07, 6.45) is 1.74. The first-order chi connectivity index (χ1) is 8.17. The molecule has 0 fully saturated rings. The zero-order valence-electron chi connectivity index (χ0n) is 11.0. The summed E-state index contributed by atoms with van der Waals surface area (Å²) >= 11 is 0. The molecule has 0 aliphatic rings. The molecule has 0 amide bonds. The van der Waals surface area contributed by atoms with E-state index in [1.807, 2.05) is 19.1 Å². The first-order valence-electron chi connectivity index (χ1n) is 6.24. The van der Waals surface area contributed by atoms with Crippen LogP contribution < -0.4 is 10.5 Å². The molecule has 0 unspecified atom stereocenters. The van der Waals surface area contributed by atoms with Crippen molar-refractivity contribution in [3.63, 3.8) is 0 Å². The van der Waals surface area contributed by atoms with E-state index in [1.54, 1.807) is 6.20 Å². The highest BCUT2D eigenvalue weighted by atomic mass is 16.5. The van der Waals surface area contributed by atoms with Gasteiger partial charge in [0.05, 0.1) is 0 Å². The van der Waals surface area contributed by atoms with Crippen molar-refractivity contribution in [3.8, 4) is 5.88 Å². The first kappa shape index (κ1) is 13.9. The van der Waals surface area contributed by atoms with Gasteiger partial charge in [0, 0.05) is 24.8 Å². The summed E-state index contributed by atoms with van der Waals surface area (Å²) in [6.45, 7) is 9.94. The van der Waals surface area contributed by atoms with Gasteiger partial charge in [-0.25, -0.2) is 4.98 Å². The second kappa shape index (κ2) is 7.25. The van der Waals surface area contributed by atoms with Crippen molar-refractivity contribution >= 4 is 0 Å². The quantitative estimate of drug-likeness (QED) is 0.786. The predicted molar refractivity (Wildman–Crippen MR) is 70.1 cm³/mol. The van der Waals surface area contributed by atoms with Crippen molar-refractivity contribution < 1.29 is 4.74 Å². The maximum atomic E-state index is 5.81. The third kappa shape index (κ3) is 4.71. The van der Waals surface area contributed by atoms with Gasteiger partial charge in [0.15, 0.2) is 0 Å². The van der Waals surface area contributed by atoms with Crippen molar-refractivity contribution in [1.29, 1.82) is 0 Å². The molecule has 4 heteroatoms. The monoisotopic (exact) mass is 237 g/mol. The fraction of sp³-hybridized carbons (Fsp3) is 0.615. The summed E-state index contributed by atoms with van der Waals surface area (Å²) in [5.41, 5.74) is 6.86. The number of rotatable bonds is 7. The Morgan fingerprint density at radius 3 is 2.71 bits per heavy atom. The van der Waals surface area contributed by atoms with Gasteiger partial charge in [-0.3, -0.25) is 0 Å². The number of hydrogen-bond donors (Lipinski definition) is 1. The Bertz CT molecular complexity index is 324. The Hall–Kier alpha value is -1.13. The van der Waals surface area contributed by atoms with Crippen LogP contribution in [0, 0.1) is 0 Å². The van der Waals surface area contributed by atoms with Crippen LogP contribution in [0.1, 0.15) is 32.4 Å². The first-order valence-corrected chi connectivity index (χ1v) is 6.24. The molecule has 1 aromatic rings. The Kier molecular flexibility index (Phi) is 5.94. The topological polar surface area (TPSA) is 51.4 Å². The standard InChI is InChI=1S/C13H23N3O/c1-4-16(5-2)8-9-17-13-10-12(11(3)14)6-7-15-13/h6-7,10-11H,4-5,8-9,14H2,1-3H3/t11-/m1/s1. The summed E-state index contributed by atoms with van der Waals surface area (Å²) in [4.78, 5) is 6.49. The van der Waals surface area contributed by atoms with Crippen LogP contribution in [0.4, 0.5) is 0 Å². The van der Waals surface area contributed by atoms with Gasteiger partial charge in [-0.2, -0.15) is 0 Å². The van der Waals surface area contributed by atoms with Gasteiger partial charge >= 0.3 is 0 Å². The molecular weight excluding hydrogens is 214 g/mol. The van der Waals surface area contributed by atoms with Gasteiger partial charge in [-0.1, -0.05) is 13.8 Å². The zero-order chi connectivity index (χ0) is 12.7. The van der Waals surface area contributed by atoms with E-state index in [1.165, 1.54) is 0 Å². The molecule has 1 rings (SSSR count). The second-order valence-electron chi connectivity index (χ2n) is 4.09. The molecule has 1 heterocycles. The Morgan fingerprint density at radius 2 is 2.12 bits per heavy atom. The highest BCUT2D eigenvalue weighted by molar-refractivity contribution is 5.22. The van der Waals surface area contributed by atoms with E-state index in [0.29, 0.717) is 12.5 Å². The zero-order valence-corrected chi connectivity index (χ0v) is 11.0. The molecule has 1 atom stereocenters. The summed E-state index contributed by atoms with van der Waals surface area (Å²) in [6, 6.07) is 3.84. The highest BCUT2D eigenvalue weighted by Crippen LogP contribution is 2.14. The third-order valence-corrected chi connectivity index (χ3v) is 2.84. The minimum atomic E-state index is 0.0168. The lowest BCUT2D eigenvalue weighted by molar-refractivity contribution is 0.218. The van der Waals surface area contributed by atoms with E-state index in [0.717, 1.165) is 25.2 Å². The summed E-state index contributed by atoms with van der Waals surface area (Å²) < 4.78 is 5.62. The number of pyridine rings is 1. The lowest BCUT2D eigenvalue weighted by Gasteiger charge is -2.17. The van der Waals surface area contributed by atoms with E-state index < -0.39 is 0 Å². The smallest absolute Gasteiger partial charge is 0.213 e. The van der Waals surface area contributed by atoms with E-state index in [2.05, 4.69) is 23.7 Å². The van der Waals surface area contributed by atoms with Crippen LogP contribution in [0.15, 0.2) is 18.3 Å². The van der Waals surface area contributed by atoms with E-state index in [-0.39, 0.29) is 6.04 Å². The minimum Gasteiger partial charge on any atom is -0.476 e. The normalized spacial score (nSPS) is 12.8. The fourth-order valence-electron chi connectivity index (χ4n) is 1.61. The molecule has 96 valence electrons. The van der Waals surface area contributed by atoms with Crippen molar-refractivity contribution in [2.45, 2.75) is 26.8 Å². The molecule has 0 saturated heterocycles. The summed E-state index contributed by atoms with van der Waals surface area (Å²) in [5, 5.41) is 0. The maximum Gasteiger partial charge on any atom is 0.213 e. The van der Waals surface area contributed by atoms with Crippen molar-refractivity contribution in [1.82, 2.24) is 9.88 Å². The predicted octanol–water partition coefficient (Wildman–Crippen LogP) is 1.82. The largest absolute Gasteiger partial charge is 0.476 e. The molecule has 0 aromatic carbocycles. The van der Waals surface area contributed by atoms with Crippen LogP contribution in [-0.2, 0) is 0 Å². The van der Waals surface area contributed by atoms with E-state index in [4.69, 9.17) is 10.5 Å². The van der Waals surface area contributed by atoms with E-state index in [9.17, 15) is 0 Å². The van der Waals surface area contributed by atoms with Gasteiger partial charge < -0.3 is 15.4 Å². The number of ether oxygens (including phenoxy) is 1. The molecular formula is C13H23N3O. The molecule has 0 aliphatic heterocycles. The molecule has 4 nitrogen and oxygen atoms in total. The Balaban J connectivity index is 2.43. The second-order valence-corrected chi connectivity index (χ2v) is 4.09. The average molecular weight is 237 g/mol. The molecule has 0 spiro atoms. The van der Waals surface area contributed by atoms with Crippen molar-refractivity contribution in [2.24, 2.45) is 5.73 Å². The molecule has 0 radical (unpaired) electrons. The molecule has 0 aliphatic carbocycles. The molecule has 0 saturated carbocycles. The number of aromatic nitrogens is 1. The van der Waals surface area contributed by atoms with Crippen molar-refractivity contribution in [2.75, 3.05) is 26.2 Å².